The number of hydrogen-bond acceptors (Lipinski definition) is 3. The SMILES string of the molecule is N#Cc1cnccc1-c1cccc(-c2ccccc2N2c3ccccc3[Si](c3ccccc3)(c3ccccc3)c3ccccc32)c1. The first-order valence-corrected chi connectivity index (χ1v) is 17.4. The van der Waals surface area contributed by atoms with Gasteiger partial charge in [0.05, 0.1) is 11.3 Å². The topological polar surface area (TPSA) is 39.9 Å². The smallest absolute Gasteiger partial charge is 0.184 e. The first kappa shape index (κ1) is 27.5. The summed E-state index contributed by atoms with van der Waals surface area (Å²) in [6, 6.07) is 61.5. The predicted octanol–water partition coefficient (Wildman–Crippen LogP) is 7.45. The maximum atomic E-state index is 9.78. The summed E-state index contributed by atoms with van der Waals surface area (Å²) in [5.41, 5.74) is 8.15. The van der Waals surface area contributed by atoms with E-state index in [2.05, 4.69) is 174 Å². The van der Waals surface area contributed by atoms with Gasteiger partial charge in [0.25, 0.3) is 0 Å². The van der Waals surface area contributed by atoms with Gasteiger partial charge >= 0.3 is 0 Å². The van der Waals surface area contributed by atoms with Gasteiger partial charge in [-0.25, -0.2) is 0 Å². The van der Waals surface area contributed by atoms with Crippen LogP contribution in [0.4, 0.5) is 17.1 Å². The highest BCUT2D eigenvalue weighted by atomic mass is 28.3. The minimum absolute atomic E-state index is 0.565. The third-order valence-corrected chi connectivity index (χ3v) is 13.9. The number of nitriles is 1. The minimum Gasteiger partial charge on any atom is -0.310 e. The van der Waals surface area contributed by atoms with Crippen LogP contribution in [0.25, 0.3) is 22.3 Å². The predicted molar refractivity (Wildman–Crippen MR) is 192 cm³/mol. The normalized spacial score (nSPS) is 12.9. The molecule has 3 nitrogen and oxygen atoms in total. The summed E-state index contributed by atoms with van der Waals surface area (Å²) in [5.74, 6) is 0. The van der Waals surface area contributed by atoms with Gasteiger partial charge < -0.3 is 4.90 Å². The average Bonchev–Trinajstić information content (AvgIpc) is 3.14. The summed E-state index contributed by atoms with van der Waals surface area (Å²) in [5, 5.41) is 15.2. The van der Waals surface area contributed by atoms with Crippen molar-refractivity contribution in [1.29, 1.82) is 5.26 Å². The van der Waals surface area contributed by atoms with Gasteiger partial charge in [-0.1, -0.05) is 133 Å². The molecule has 1 aliphatic rings. The second-order valence-corrected chi connectivity index (χ2v) is 15.2. The van der Waals surface area contributed by atoms with Crippen molar-refractivity contribution in [2.24, 2.45) is 0 Å². The van der Waals surface area contributed by atoms with Crippen molar-refractivity contribution in [3.8, 4) is 28.3 Å². The fourth-order valence-corrected chi connectivity index (χ4v) is 12.3. The maximum absolute atomic E-state index is 9.78. The molecule has 216 valence electrons. The van der Waals surface area contributed by atoms with Crippen LogP contribution in [0.2, 0.25) is 0 Å². The molecule has 0 amide bonds. The quantitative estimate of drug-likeness (QED) is 0.192. The van der Waals surface area contributed by atoms with Gasteiger partial charge in [-0.15, -0.1) is 0 Å². The van der Waals surface area contributed by atoms with Gasteiger partial charge in [-0.05, 0) is 62.2 Å². The lowest BCUT2D eigenvalue weighted by molar-refractivity contribution is 1.29. The third-order valence-electron chi connectivity index (χ3n) is 9.08. The summed E-state index contributed by atoms with van der Waals surface area (Å²) >= 11 is 0. The van der Waals surface area contributed by atoms with Gasteiger partial charge in [0.15, 0.2) is 8.07 Å². The van der Waals surface area contributed by atoms with Crippen LogP contribution in [-0.2, 0) is 0 Å². The molecule has 7 aromatic rings. The summed E-state index contributed by atoms with van der Waals surface area (Å²) in [6.07, 6.45) is 3.38. The Morgan fingerprint density at radius 3 is 1.63 bits per heavy atom. The fraction of sp³-hybridized carbons (Fsp3) is 0. The molecule has 0 spiro atoms. The molecule has 46 heavy (non-hydrogen) atoms. The molecule has 6 aromatic carbocycles. The summed E-state index contributed by atoms with van der Waals surface area (Å²) in [7, 11) is -2.69. The summed E-state index contributed by atoms with van der Waals surface area (Å²) in [6.45, 7) is 0. The van der Waals surface area contributed by atoms with E-state index in [1.165, 1.54) is 32.1 Å². The molecule has 2 heterocycles. The molecule has 1 aliphatic heterocycles. The highest BCUT2D eigenvalue weighted by molar-refractivity contribution is 7.21. The van der Waals surface area contributed by atoms with E-state index < -0.39 is 8.07 Å². The number of pyridine rings is 1. The molecule has 0 N–H and O–H groups in total. The van der Waals surface area contributed by atoms with Crippen molar-refractivity contribution in [1.82, 2.24) is 4.98 Å². The zero-order valence-electron chi connectivity index (χ0n) is 25.1. The van der Waals surface area contributed by atoms with Gasteiger partial charge in [-0.3, -0.25) is 4.98 Å². The number of hydrogen-bond donors (Lipinski definition) is 0. The molecule has 0 saturated heterocycles. The molecular weight excluding hydrogens is 575 g/mol. The van der Waals surface area contributed by atoms with Crippen molar-refractivity contribution >= 4 is 45.9 Å². The lowest BCUT2D eigenvalue weighted by Crippen LogP contribution is -2.77. The number of rotatable bonds is 5. The molecule has 4 heteroatoms. The number of para-hydroxylation sites is 3. The largest absolute Gasteiger partial charge is 0.310 e. The van der Waals surface area contributed by atoms with E-state index in [4.69, 9.17) is 0 Å². The van der Waals surface area contributed by atoms with Crippen LogP contribution in [0.3, 0.4) is 0 Å². The van der Waals surface area contributed by atoms with Gasteiger partial charge in [-0.2, -0.15) is 5.26 Å². The van der Waals surface area contributed by atoms with Gasteiger partial charge in [0, 0.05) is 34.9 Å². The van der Waals surface area contributed by atoms with E-state index in [9.17, 15) is 5.26 Å². The van der Waals surface area contributed by atoms with Crippen molar-refractivity contribution in [2.45, 2.75) is 0 Å². The minimum atomic E-state index is -2.69. The first-order chi connectivity index (χ1) is 22.8. The second kappa shape index (κ2) is 11.5. The van der Waals surface area contributed by atoms with Crippen molar-refractivity contribution < 1.29 is 0 Å². The number of aromatic nitrogens is 1. The molecule has 0 atom stereocenters. The van der Waals surface area contributed by atoms with Crippen molar-refractivity contribution in [3.05, 3.63) is 182 Å². The van der Waals surface area contributed by atoms with Crippen LogP contribution in [-0.4, -0.2) is 13.1 Å². The van der Waals surface area contributed by atoms with Crippen LogP contribution in [0.15, 0.2) is 176 Å². The Labute approximate surface area is 270 Å². The van der Waals surface area contributed by atoms with Crippen LogP contribution < -0.4 is 25.6 Å². The van der Waals surface area contributed by atoms with Gasteiger partial charge in [0.2, 0.25) is 0 Å². The van der Waals surface area contributed by atoms with E-state index in [1.54, 1.807) is 12.4 Å². The molecule has 8 rings (SSSR count). The number of benzene rings is 6. The van der Waals surface area contributed by atoms with E-state index in [0.29, 0.717) is 5.56 Å². The average molecular weight is 604 g/mol. The Hall–Kier alpha value is -6.02. The van der Waals surface area contributed by atoms with E-state index >= 15 is 0 Å². The Bertz CT molecular complexity index is 2150. The standard InChI is InChI=1S/C42H29N3Si/c43-29-33-30-44-27-26-36(33)31-14-13-15-32(28-31)37-20-7-8-21-38(37)45-39-22-9-11-24-41(39)46(34-16-3-1-4-17-34,35-18-5-2-6-19-35)42-25-12-10-23-40(42)45/h1-28,30H. The van der Waals surface area contributed by atoms with Crippen LogP contribution in [0.1, 0.15) is 5.56 Å². The van der Waals surface area contributed by atoms with Crippen LogP contribution >= 0.6 is 0 Å². The zero-order chi connectivity index (χ0) is 30.9. The molecule has 0 saturated carbocycles. The van der Waals surface area contributed by atoms with E-state index in [0.717, 1.165) is 27.9 Å². The van der Waals surface area contributed by atoms with E-state index in [1.807, 2.05) is 6.07 Å². The molecule has 0 aliphatic carbocycles. The molecule has 0 fully saturated rings. The van der Waals surface area contributed by atoms with Crippen LogP contribution in [0, 0.1) is 11.3 Å². The molecule has 1 aromatic heterocycles. The number of fused-ring (bicyclic) bond motifs is 2. The summed E-state index contributed by atoms with van der Waals surface area (Å²) in [4.78, 5) is 6.63. The lowest BCUT2D eigenvalue weighted by Gasteiger charge is -2.45. The Morgan fingerprint density at radius 2 is 1.02 bits per heavy atom. The third kappa shape index (κ3) is 4.29. The molecular formula is C42H29N3Si. The molecule has 0 radical (unpaired) electrons. The van der Waals surface area contributed by atoms with E-state index in [-0.39, 0.29) is 0 Å². The van der Waals surface area contributed by atoms with Crippen molar-refractivity contribution in [3.63, 3.8) is 0 Å². The zero-order valence-corrected chi connectivity index (χ0v) is 26.1. The maximum Gasteiger partial charge on any atom is 0.184 e. The first-order valence-electron chi connectivity index (χ1n) is 15.4. The van der Waals surface area contributed by atoms with Crippen LogP contribution in [0.5, 0.6) is 0 Å². The molecule has 0 unspecified atom stereocenters. The Balaban J connectivity index is 1.39. The number of anilines is 3. The highest BCUT2D eigenvalue weighted by Crippen LogP contribution is 2.43. The van der Waals surface area contributed by atoms with Gasteiger partial charge in [0.1, 0.15) is 6.07 Å². The highest BCUT2D eigenvalue weighted by Gasteiger charge is 2.48. The lowest BCUT2D eigenvalue weighted by atomic mass is 9.96. The van der Waals surface area contributed by atoms with Crippen molar-refractivity contribution in [2.75, 3.05) is 4.90 Å². The number of nitrogens with zero attached hydrogens (tertiary/aromatic N) is 3. The Kier molecular flexibility index (Phi) is 6.87. The summed E-state index contributed by atoms with van der Waals surface area (Å²) < 4.78 is 0. The second-order valence-electron chi connectivity index (χ2n) is 11.5. The monoisotopic (exact) mass is 603 g/mol. The Morgan fingerprint density at radius 1 is 0.500 bits per heavy atom. The fourth-order valence-electron chi connectivity index (χ4n) is 7.17. The molecule has 0 bridgehead atoms.